The van der Waals surface area contributed by atoms with Crippen molar-refractivity contribution in [2.24, 2.45) is 11.8 Å². The van der Waals surface area contributed by atoms with Crippen molar-refractivity contribution in [2.75, 3.05) is 12.4 Å². The van der Waals surface area contributed by atoms with Gasteiger partial charge in [-0.3, -0.25) is 0 Å². The van der Waals surface area contributed by atoms with Crippen LogP contribution in [0.2, 0.25) is 0 Å². The molecule has 0 atom stereocenters. The predicted octanol–water partition coefficient (Wildman–Crippen LogP) is 5.44. The molecule has 0 saturated heterocycles. The van der Waals surface area contributed by atoms with Crippen LogP contribution in [0.25, 0.3) is 0 Å². The number of hydrogen-bond donors (Lipinski definition) is 0. The van der Waals surface area contributed by atoms with Crippen molar-refractivity contribution in [1.82, 2.24) is 0 Å². The highest BCUT2D eigenvalue weighted by molar-refractivity contribution is 7.80. The Hall–Kier alpha value is -0.630. The summed E-state index contributed by atoms with van der Waals surface area (Å²) >= 11 is 4.97. The van der Waals surface area contributed by atoms with Gasteiger partial charge in [0.1, 0.15) is 5.75 Å². The minimum absolute atomic E-state index is 0.634. The van der Waals surface area contributed by atoms with Crippen LogP contribution in [0.1, 0.15) is 51.7 Å². The van der Waals surface area contributed by atoms with Crippen LogP contribution >= 0.6 is 12.6 Å². The largest absolute Gasteiger partial charge is 0.492 e. The van der Waals surface area contributed by atoms with Crippen molar-refractivity contribution in [1.29, 1.82) is 0 Å². The fourth-order valence-electron chi connectivity index (χ4n) is 2.18. The lowest BCUT2D eigenvalue weighted by atomic mass is 9.97. The highest BCUT2D eigenvalue weighted by atomic mass is 32.1. The van der Waals surface area contributed by atoms with Gasteiger partial charge in [0.05, 0.1) is 6.61 Å². The normalized spacial score (nSPS) is 11.3. The predicted molar refractivity (Wildman–Crippen MR) is 90.7 cm³/mol. The zero-order valence-corrected chi connectivity index (χ0v) is 14.3. The molecule has 0 unspecified atom stereocenters. The molecule has 20 heavy (non-hydrogen) atoms. The van der Waals surface area contributed by atoms with E-state index in [9.17, 15) is 0 Å². The second-order valence-electron chi connectivity index (χ2n) is 6.36. The second-order valence-corrected chi connectivity index (χ2v) is 6.77. The molecule has 0 amide bonds. The van der Waals surface area contributed by atoms with E-state index in [0.717, 1.165) is 30.4 Å². The SMILES string of the molecule is CC(C)CCc1ccc(OCC[S])c(CCC(C)C)c1. The standard InChI is InChI=1S/C18H29OS/c1-14(2)5-7-16-8-10-18(19-11-12-20)17(13-16)9-6-15(3)4/h8,10,13-15H,5-7,9,11-12H2,1-4H3. The lowest BCUT2D eigenvalue weighted by Gasteiger charge is -2.14. The Morgan fingerprint density at radius 2 is 1.65 bits per heavy atom. The molecule has 0 bridgehead atoms. The van der Waals surface area contributed by atoms with Crippen LogP contribution in [0.4, 0.5) is 0 Å². The Morgan fingerprint density at radius 1 is 1.00 bits per heavy atom. The molecule has 0 aliphatic heterocycles. The summed E-state index contributed by atoms with van der Waals surface area (Å²) in [5.74, 6) is 3.16. The molecule has 0 N–H and O–H groups in total. The third-order valence-electron chi connectivity index (χ3n) is 3.47. The first-order valence-electron chi connectivity index (χ1n) is 7.85. The van der Waals surface area contributed by atoms with Crippen molar-refractivity contribution in [3.8, 4) is 5.75 Å². The molecule has 1 aromatic rings. The van der Waals surface area contributed by atoms with Crippen LogP contribution in [0.15, 0.2) is 18.2 Å². The van der Waals surface area contributed by atoms with Crippen molar-refractivity contribution < 1.29 is 4.74 Å². The number of rotatable bonds is 9. The highest BCUT2D eigenvalue weighted by Crippen LogP contribution is 2.24. The van der Waals surface area contributed by atoms with Gasteiger partial charge in [-0.1, -0.05) is 52.5 Å². The molecular formula is C18H29OS. The van der Waals surface area contributed by atoms with Crippen LogP contribution in [-0.4, -0.2) is 12.4 Å². The summed E-state index contributed by atoms with van der Waals surface area (Å²) in [4.78, 5) is 0. The summed E-state index contributed by atoms with van der Waals surface area (Å²) in [6, 6.07) is 6.68. The van der Waals surface area contributed by atoms with E-state index in [1.807, 2.05) is 0 Å². The van der Waals surface area contributed by atoms with E-state index in [1.54, 1.807) is 0 Å². The molecule has 0 saturated carbocycles. The van der Waals surface area contributed by atoms with Gasteiger partial charge in [-0.25, -0.2) is 0 Å². The Balaban J connectivity index is 2.77. The summed E-state index contributed by atoms with van der Waals surface area (Å²) in [5.41, 5.74) is 2.78. The fraction of sp³-hybridized carbons (Fsp3) is 0.667. The topological polar surface area (TPSA) is 9.23 Å². The maximum absolute atomic E-state index is 5.80. The summed E-state index contributed by atoms with van der Waals surface area (Å²) < 4.78 is 5.80. The van der Waals surface area contributed by atoms with Gasteiger partial charge >= 0.3 is 0 Å². The Kier molecular flexibility index (Phi) is 8.13. The first-order chi connectivity index (χ1) is 9.52. The molecule has 0 aliphatic rings. The van der Waals surface area contributed by atoms with E-state index < -0.39 is 0 Å². The molecule has 113 valence electrons. The van der Waals surface area contributed by atoms with Gasteiger partial charge in [0, 0.05) is 5.75 Å². The number of hydrogen-bond acceptors (Lipinski definition) is 1. The van der Waals surface area contributed by atoms with Gasteiger partial charge in [-0.15, -0.1) is 0 Å². The van der Waals surface area contributed by atoms with Crippen LogP contribution in [0, 0.1) is 11.8 Å². The Bertz CT molecular complexity index is 385. The van der Waals surface area contributed by atoms with Gasteiger partial charge in [0.25, 0.3) is 0 Å². The zero-order valence-electron chi connectivity index (χ0n) is 13.4. The van der Waals surface area contributed by atoms with Crippen LogP contribution in [0.3, 0.4) is 0 Å². The molecule has 1 rings (SSSR count). The van der Waals surface area contributed by atoms with Crippen molar-refractivity contribution in [3.05, 3.63) is 29.3 Å². The maximum Gasteiger partial charge on any atom is 0.122 e. The quantitative estimate of drug-likeness (QED) is 0.589. The second kappa shape index (κ2) is 9.33. The molecule has 2 heteroatoms. The van der Waals surface area contributed by atoms with Gasteiger partial charge in [-0.2, -0.15) is 0 Å². The molecule has 1 nitrogen and oxygen atoms in total. The molecular weight excluding hydrogens is 264 g/mol. The first-order valence-corrected chi connectivity index (χ1v) is 8.43. The molecule has 0 spiro atoms. The monoisotopic (exact) mass is 293 g/mol. The van der Waals surface area contributed by atoms with E-state index >= 15 is 0 Å². The fourth-order valence-corrected chi connectivity index (χ4v) is 2.26. The van der Waals surface area contributed by atoms with E-state index in [-0.39, 0.29) is 0 Å². The first kappa shape index (κ1) is 17.4. The number of aryl methyl sites for hydroxylation is 2. The molecule has 0 fully saturated rings. The van der Waals surface area contributed by atoms with Gasteiger partial charge < -0.3 is 4.74 Å². The zero-order chi connectivity index (χ0) is 15.0. The van der Waals surface area contributed by atoms with Gasteiger partial charge in [0.2, 0.25) is 0 Å². The van der Waals surface area contributed by atoms with Crippen LogP contribution < -0.4 is 4.74 Å². The van der Waals surface area contributed by atoms with Crippen LogP contribution in [-0.2, 0) is 12.8 Å². The molecule has 0 heterocycles. The van der Waals surface area contributed by atoms with Crippen molar-refractivity contribution >= 4 is 12.6 Å². The Morgan fingerprint density at radius 3 is 2.25 bits per heavy atom. The highest BCUT2D eigenvalue weighted by Gasteiger charge is 2.07. The summed E-state index contributed by atoms with van der Waals surface area (Å²) in [6.45, 7) is 9.73. The minimum Gasteiger partial charge on any atom is -0.492 e. The van der Waals surface area contributed by atoms with Crippen molar-refractivity contribution in [3.63, 3.8) is 0 Å². The lowest BCUT2D eigenvalue weighted by molar-refractivity contribution is 0.339. The molecule has 0 aromatic heterocycles. The number of benzene rings is 1. The minimum atomic E-state index is 0.634. The molecule has 1 aromatic carbocycles. The van der Waals surface area contributed by atoms with Crippen LogP contribution in [0.5, 0.6) is 5.75 Å². The van der Waals surface area contributed by atoms with E-state index in [4.69, 9.17) is 17.4 Å². The molecule has 1 radical (unpaired) electrons. The average Bonchev–Trinajstić information content (AvgIpc) is 2.41. The number of ether oxygens (including phenoxy) is 1. The third kappa shape index (κ3) is 6.69. The Labute approximate surface area is 130 Å². The van der Waals surface area contributed by atoms with E-state index in [1.165, 1.54) is 24.0 Å². The lowest BCUT2D eigenvalue weighted by Crippen LogP contribution is -2.03. The van der Waals surface area contributed by atoms with Gasteiger partial charge in [0.15, 0.2) is 0 Å². The average molecular weight is 293 g/mol. The van der Waals surface area contributed by atoms with E-state index in [0.29, 0.717) is 12.4 Å². The summed E-state index contributed by atoms with van der Waals surface area (Å²) in [5, 5.41) is 0. The maximum atomic E-state index is 5.80. The summed E-state index contributed by atoms with van der Waals surface area (Å²) in [7, 11) is 0. The van der Waals surface area contributed by atoms with E-state index in [2.05, 4.69) is 45.9 Å². The third-order valence-corrected chi connectivity index (χ3v) is 3.63. The van der Waals surface area contributed by atoms with Gasteiger partial charge in [-0.05, 0) is 54.7 Å². The molecule has 0 aliphatic carbocycles. The summed E-state index contributed by atoms with van der Waals surface area (Å²) in [6.07, 6.45) is 4.71. The van der Waals surface area contributed by atoms with Crippen molar-refractivity contribution in [2.45, 2.75) is 53.4 Å². The smallest absolute Gasteiger partial charge is 0.122 e.